The largest absolute Gasteiger partial charge is 0.503 e. The van der Waals surface area contributed by atoms with Crippen LogP contribution in [0.3, 0.4) is 0 Å². The number of nitrogens with zero attached hydrogens (tertiary/aromatic N) is 1. The summed E-state index contributed by atoms with van der Waals surface area (Å²) in [7, 11) is 1.45. The van der Waals surface area contributed by atoms with Gasteiger partial charge in [0.15, 0.2) is 16.7 Å². The Morgan fingerprint density at radius 3 is 2.60 bits per heavy atom. The number of methoxy groups -OCH3 is 1. The van der Waals surface area contributed by atoms with Crippen molar-refractivity contribution in [3.8, 4) is 11.5 Å². The monoisotopic (exact) mass is 554 g/mol. The standard InChI is InChI=1S/C20H16Br2N2O5S/c1-3-29-19(27)10-4-6-12(7-5-10)23-20-24-18(26)14(30-20)9-11-8-13(28-2)17(25)16(22)15(11)21/h4-9,25H,3H2,1-2H3,(H,23,24,26)/b14-9-. The normalized spacial score (nSPS) is 16.1. The zero-order chi connectivity index (χ0) is 21.8. The van der Waals surface area contributed by atoms with Gasteiger partial charge in [-0.05, 0) is 92.5 Å². The number of aliphatic imine (C=N–C) groups is 1. The molecular formula is C20H16Br2N2O5S. The van der Waals surface area contributed by atoms with Crippen LogP contribution >= 0.6 is 43.6 Å². The van der Waals surface area contributed by atoms with Crippen molar-refractivity contribution in [3.63, 3.8) is 0 Å². The average Bonchev–Trinajstić information content (AvgIpc) is 3.07. The third kappa shape index (κ3) is 4.88. The van der Waals surface area contributed by atoms with E-state index < -0.39 is 5.97 Å². The Hall–Kier alpha value is -2.30. The lowest BCUT2D eigenvalue weighted by molar-refractivity contribution is -0.115. The van der Waals surface area contributed by atoms with Crippen molar-refractivity contribution < 1.29 is 24.2 Å². The van der Waals surface area contributed by atoms with E-state index >= 15 is 0 Å². The Balaban J connectivity index is 1.83. The lowest BCUT2D eigenvalue weighted by Crippen LogP contribution is -2.19. The van der Waals surface area contributed by atoms with Gasteiger partial charge in [0.25, 0.3) is 5.91 Å². The third-order valence-corrected chi connectivity index (χ3v) is 7.01. The summed E-state index contributed by atoms with van der Waals surface area (Å²) in [5, 5.41) is 13.2. The summed E-state index contributed by atoms with van der Waals surface area (Å²) in [5.41, 5.74) is 1.66. The van der Waals surface area contributed by atoms with Gasteiger partial charge in [-0.15, -0.1) is 0 Å². The van der Waals surface area contributed by atoms with E-state index in [0.29, 0.717) is 42.4 Å². The minimum absolute atomic E-state index is 0.0384. The van der Waals surface area contributed by atoms with E-state index in [9.17, 15) is 14.7 Å². The second kappa shape index (κ2) is 9.67. The van der Waals surface area contributed by atoms with Crippen molar-refractivity contribution in [2.24, 2.45) is 4.99 Å². The second-order valence-corrected chi connectivity index (χ2v) is 8.51. The molecule has 0 aliphatic carbocycles. The minimum Gasteiger partial charge on any atom is -0.503 e. The van der Waals surface area contributed by atoms with Crippen LogP contribution in [0.25, 0.3) is 6.08 Å². The molecular weight excluding hydrogens is 540 g/mol. The number of rotatable bonds is 5. The first-order valence-corrected chi connectivity index (χ1v) is 11.1. The Morgan fingerprint density at radius 1 is 1.27 bits per heavy atom. The molecule has 1 fully saturated rings. The number of thioether (sulfide) groups is 1. The molecule has 7 nitrogen and oxygen atoms in total. The first kappa shape index (κ1) is 22.4. The van der Waals surface area contributed by atoms with Crippen molar-refractivity contribution in [1.82, 2.24) is 5.32 Å². The first-order chi connectivity index (χ1) is 14.3. The second-order valence-electron chi connectivity index (χ2n) is 5.89. The van der Waals surface area contributed by atoms with Crippen LogP contribution in [0.15, 0.2) is 49.2 Å². The van der Waals surface area contributed by atoms with E-state index in [0.717, 1.165) is 0 Å². The lowest BCUT2D eigenvalue weighted by Gasteiger charge is -2.10. The summed E-state index contributed by atoms with van der Waals surface area (Å²) in [5.74, 6) is -0.456. The predicted octanol–water partition coefficient (Wildman–Crippen LogP) is 4.99. The number of esters is 1. The third-order valence-electron chi connectivity index (χ3n) is 3.94. The summed E-state index contributed by atoms with van der Waals surface area (Å²) in [6, 6.07) is 8.20. The number of carbonyl (C=O) groups excluding carboxylic acids is 2. The zero-order valence-corrected chi connectivity index (χ0v) is 19.9. The van der Waals surface area contributed by atoms with Crippen LogP contribution in [0.4, 0.5) is 5.69 Å². The van der Waals surface area contributed by atoms with Gasteiger partial charge in [-0.3, -0.25) is 4.79 Å². The van der Waals surface area contributed by atoms with Crippen LogP contribution in [-0.2, 0) is 9.53 Å². The highest BCUT2D eigenvalue weighted by atomic mass is 79.9. The van der Waals surface area contributed by atoms with Crippen LogP contribution in [-0.4, -0.2) is 35.9 Å². The first-order valence-electron chi connectivity index (χ1n) is 8.65. The molecule has 1 saturated heterocycles. The molecule has 0 spiro atoms. The number of phenols is 1. The number of aromatic hydroxyl groups is 1. The smallest absolute Gasteiger partial charge is 0.338 e. The minimum atomic E-state index is -0.397. The van der Waals surface area contributed by atoms with Crippen molar-refractivity contribution in [3.05, 3.63) is 55.3 Å². The fraction of sp³-hybridized carbons (Fsp3) is 0.150. The number of nitrogens with one attached hydrogen (secondary N) is 1. The number of benzene rings is 2. The fourth-order valence-corrected chi connectivity index (χ4v) is 4.17. The molecule has 0 bridgehead atoms. The molecule has 156 valence electrons. The summed E-state index contributed by atoms with van der Waals surface area (Å²) in [6.45, 7) is 2.05. The molecule has 0 atom stereocenters. The Bertz CT molecular complexity index is 1070. The van der Waals surface area contributed by atoms with Crippen molar-refractivity contribution >= 4 is 72.4 Å². The zero-order valence-electron chi connectivity index (χ0n) is 15.9. The molecule has 1 heterocycles. The van der Waals surface area contributed by atoms with Gasteiger partial charge in [-0.25, -0.2) is 9.79 Å². The SMILES string of the molecule is CCOC(=O)c1ccc(N=C2NC(=O)/C(=C/c3cc(OC)c(O)c(Br)c3Br)S2)cc1. The average molecular weight is 556 g/mol. The highest BCUT2D eigenvalue weighted by Crippen LogP contribution is 2.43. The number of ether oxygens (including phenoxy) is 2. The number of amidine groups is 1. The summed E-state index contributed by atoms with van der Waals surface area (Å²) < 4.78 is 11.1. The number of phenolic OH excluding ortho intramolecular Hbond substituents is 1. The maximum atomic E-state index is 12.4. The Labute approximate surface area is 193 Å². The number of hydrogen-bond acceptors (Lipinski definition) is 7. The number of hydrogen-bond donors (Lipinski definition) is 2. The molecule has 1 aliphatic rings. The van der Waals surface area contributed by atoms with Crippen LogP contribution in [0.5, 0.6) is 11.5 Å². The molecule has 0 unspecified atom stereocenters. The van der Waals surface area contributed by atoms with Gasteiger partial charge in [0, 0.05) is 4.47 Å². The van der Waals surface area contributed by atoms with Crippen LogP contribution in [0, 0.1) is 0 Å². The van der Waals surface area contributed by atoms with E-state index in [4.69, 9.17) is 9.47 Å². The van der Waals surface area contributed by atoms with Crippen LogP contribution in [0.2, 0.25) is 0 Å². The van der Waals surface area contributed by atoms with E-state index in [1.807, 2.05) is 0 Å². The highest BCUT2D eigenvalue weighted by Gasteiger charge is 2.25. The topological polar surface area (TPSA) is 97.2 Å². The van der Waals surface area contributed by atoms with Gasteiger partial charge in [0.2, 0.25) is 0 Å². The molecule has 1 amide bonds. The molecule has 30 heavy (non-hydrogen) atoms. The van der Waals surface area contributed by atoms with Crippen molar-refractivity contribution in [2.45, 2.75) is 6.92 Å². The summed E-state index contributed by atoms with van der Waals surface area (Å²) in [4.78, 5) is 28.9. The van der Waals surface area contributed by atoms with E-state index in [-0.39, 0.29) is 17.4 Å². The Kier molecular flexibility index (Phi) is 7.22. The molecule has 0 aromatic heterocycles. The van der Waals surface area contributed by atoms with Gasteiger partial charge < -0.3 is 19.9 Å². The van der Waals surface area contributed by atoms with Crippen molar-refractivity contribution in [2.75, 3.05) is 13.7 Å². The van der Waals surface area contributed by atoms with Crippen LogP contribution < -0.4 is 10.1 Å². The van der Waals surface area contributed by atoms with Crippen LogP contribution in [0.1, 0.15) is 22.8 Å². The molecule has 3 rings (SSSR count). The summed E-state index contributed by atoms with van der Waals surface area (Å²) in [6.07, 6.45) is 1.67. The molecule has 2 aromatic carbocycles. The maximum Gasteiger partial charge on any atom is 0.338 e. The number of halogens is 2. The quantitative estimate of drug-likeness (QED) is 0.398. The molecule has 1 aliphatic heterocycles. The molecule has 0 radical (unpaired) electrons. The van der Waals surface area contributed by atoms with Gasteiger partial charge in [-0.2, -0.15) is 0 Å². The molecule has 2 aromatic rings. The highest BCUT2D eigenvalue weighted by molar-refractivity contribution is 9.13. The van der Waals surface area contributed by atoms with E-state index in [2.05, 4.69) is 42.2 Å². The Morgan fingerprint density at radius 2 is 1.97 bits per heavy atom. The van der Waals surface area contributed by atoms with Crippen molar-refractivity contribution in [1.29, 1.82) is 0 Å². The number of carbonyl (C=O) groups is 2. The molecule has 0 saturated carbocycles. The van der Waals surface area contributed by atoms with E-state index in [1.165, 1.54) is 18.9 Å². The van der Waals surface area contributed by atoms with E-state index in [1.54, 1.807) is 43.3 Å². The molecule has 2 N–H and O–H groups in total. The molecule has 10 heteroatoms. The summed E-state index contributed by atoms with van der Waals surface area (Å²) >= 11 is 7.88. The predicted molar refractivity (Wildman–Crippen MR) is 123 cm³/mol. The fourth-order valence-electron chi connectivity index (χ4n) is 2.50. The lowest BCUT2D eigenvalue weighted by atomic mass is 10.2. The number of amides is 1. The van der Waals surface area contributed by atoms with Gasteiger partial charge in [-0.1, -0.05) is 0 Å². The van der Waals surface area contributed by atoms with Gasteiger partial charge in [0.05, 0.1) is 34.3 Å². The maximum absolute atomic E-state index is 12.4. The van der Waals surface area contributed by atoms with Gasteiger partial charge in [0.1, 0.15) is 0 Å². The van der Waals surface area contributed by atoms with Gasteiger partial charge >= 0.3 is 5.97 Å².